The maximum Gasteiger partial charge on any atom is 0.248 e. The zero-order valence-electron chi connectivity index (χ0n) is 8.07. The van der Waals surface area contributed by atoms with E-state index in [9.17, 15) is 13.2 Å². The monoisotopic (exact) mass is 234 g/mol. The first-order valence-electron chi connectivity index (χ1n) is 4.49. The smallest absolute Gasteiger partial charge is 0.248 e. The summed E-state index contributed by atoms with van der Waals surface area (Å²) in [5, 5.41) is 0. The molecule has 0 aromatic rings. The molecule has 0 atom stereocenters. The van der Waals surface area contributed by atoms with Gasteiger partial charge in [0, 0.05) is 19.4 Å². The van der Waals surface area contributed by atoms with Crippen molar-refractivity contribution < 1.29 is 13.2 Å². The molecule has 6 heteroatoms. The molecule has 3 N–H and O–H groups in total. The minimum atomic E-state index is -2.32. The Hall–Kier alpha value is -0.0000000000000000555. The van der Waals surface area contributed by atoms with Crippen molar-refractivity contribution in [1.29, 1.82) is 0 Å². The third-order valence-corrected chi connectivity index (χ3v) is 1.82. The molecule has 0 radical (unpaired) electrons. The number of hydrogen-bond acceptors (Lipinski definition) is 2. The minimum absolute atomic E-state index is 0. The molecular formula is C8H18ClF3N2. The Bertz CT molecular complexity index is 115. The van der Waals surface area contributed by atoms with Gasteiger partial charge in [-0.15, -0.1) is 12.4 Å². The van der Waals surface area contributed by atoms with E-state index in [1.54, 1.807) is 0 Å². The largest absolute Gasteiger partial charge is 0.271 e. The molecule has 88 valence electrons. The molecule has 0 aromatic heterocycles. The molecule has 0 spiro atoms. The molecule has 1 aliphatic rings. The molecule has 0 amide bonds. The van der Waals surface area contributed by atoms with Gasteiger partial charge >= 0.3 is 0 Å². The lowest BCUT2D eigenvalue weighted by Gasteiger charge is -2.20. The van der Waals surface area contributed by atoms with E-state index in [2.05, 4.69) is 11.3 Å². The van der Waals surface area contributed by atoms with Crippen molar-refractivity contribution in [2.75, 3.05) is 13.2 Å². The predicted molar refractivity (Wildman–Crippen MR) is 53.4 cm³/mol. The molecular weight excluding hydrogens is 217 g/mol. The first-order valence-corrected chi connectivity index (χ1v) is 4.49. The van der Waals surface area contributed by atoms with Gasteiger partial charge in [0.1, 0.15) is 6.67 Å². The van der Waals surface area contributed by atoms with Gasteiger partial charge in [0.15, 0.2) is 0 Å². The van der Waals surface area contributed by atoms with Crippen molar-refractivity contribution in [3.8, 4) is 0 Å². The van der Waals surface area contributed by atoms with E-state index in [1.165, 1.54) is 0 Å². The average Bonchev–Trinajstić information content (AvgIpc) is 2.06. The van der Waals surface area contributed by atoms with Gasteiger partial charge in [-0.2, -0.15) is 0 Å². The summed E-state index contributed by atoms with van der Waals surface area (Å²) in [7, 11) is 0. The van der Waals surface area contributed by atoms with Gasteiger partial charge in [-0.05, 0) is 12.8 Å². The summed E-state index contributed by atoms with van der Waals surface area (Å²) in [5.41, 5.74) is 2.14. The highest BCUT2D eigenvalue weighted by Gasteiger charge is 2.30. The van der Waals surface area contributed by atoms with Crippen molar-refractivity contribution in [3.05, 3.63) is 0 Å². The second-order valence-electron chi connectivity index (χ2n) is 3.06. The highest BCUT2D eigenvalue weighted by atomic mass is 35.5. The van der Waals surface area contributed by atoms with Crippen molar-refractivity contribution in [2.24, 2.45) is 5.84 Å². The Morgan fingerprint density at radius 1 is 1.14 bits per heavy atom. The summed E-state index contributed by atoms with van der Waals surface area (Å²) >= 11 is 0. The van der Waals surface area contributed by atoms with Gasteiger partial charge < -0.3 is 0 Å². The van der Waals surface area contributed by atoms with E-state index < -0.39 is 12.6 Å². The van der Waals surface area contributed by atoms with Gasteiger partial charge in [0.2, 0.25) is 5.92 Å². The van der Waals surface area contributed by atoms with Gasteiger partial charge in [-0.25, -0.2) is 13.2 Å². The lowest BCUT2D eigenvalue weighted by molar-refractivity contribution is -0.0337. The number of nitrogens with two attached hydrogens (primary N) is 1. The Morgan fingerprint density at radius 2 is 1.64 bits per heavy atom. The third kappa shape index (κ3) is 10.1. The minimum Gasteiger partial charge on any atom is -0.271 e. The molecule has 1 fully saturated rings. The Balaban J connectivity index is 0. The van der Waals surface area contributed by atoms with Crippen LogP contribution in [0.25, 0.3) is 0 Å². The van der Waals surface area contributed by atoms with E-state index in [1.807, 2.05) is 0 Å². The lowest BCUT2D eigenvalue weighted by atomic mass is 9.97. The van der Waals surface area contributed by atoms with Crippen LogP contribution in [0.4, 0.5) is 13.2 Å². The molecule has 0 unspecified atom stereocenters. The summed E-state index contributed by atoms with van der Waals surface area (Å²) < 4.78 is 35.3. The van der Waals surface area contributed by atoms with Crippen molar-refractivity contribution >= 4 is 12.4 Å². The summed E-state index contributed by atoms with van der Waals surface area (Å²) in [6, 6.07) is 0. The molecule has 2 nitrogen and oxygen atoms in total. The van der Waals surface area contributed by atoms with Crippen LogP contribution in [-0.4, -0.2) is 19.1 Å². The fourth-order valence-corrected chi connectivity index (χ4v) is 1.12. The third-order valence-electron chi connectivity index (χ3n) is 1.82. The van der Waals surface area contributed by atoms with Crippen LogP contribution in [0.1, 0.15) is 32.1 Å². The van der Waals surface area contributed by atoms with Gasteiger partial charge in [0.25, 0.3) is 0 Å². The van der Waals surface area contributed by atoms with Crippen LogP contribution in [0.2, 0.25) is 0 Å². The van der Waals surface area contributed by atoms with Crippen molar-refractivity contribution in [3.63, 3.8) is 0 Å². The standard InChI is InChI=1S/C6H10F2.C2H7FN2.ClH/c7-6(8)4-2-1-3-5-6;3-1-2-5-4;/h1-5H2;5H,1-2,4H2;1H. The number of hydrazine groups is 1. The van der Waals surface area contributed by atoms with Gasteiger partial charge in [0.05, 0.1) is 0 Å². The second-order valence-corrected chi connectivity index (χ2v) is 3.06. The molecule has 0 bridgehead atoms. The van der Waals surface area contributed by atoms with Crippen LogP contribution in [0.5, 0.6) is 0 Å². The van der Waals surface area contributed by atoms with E-state index in [-0.39, 0.29) is 31.8 Å². The van der Waals surface area contributed by atoms with Crippen molar-refractivity contribution in [2.45, 2.75) is 38.0 Å². The SMILES string of the molecule is Cl.FC1(F)CCCCC1.NNCCF. The quantitative estimate of drug-likeness (QED) is 0.569. The zero-order chi connectivity index (χ0) is 10.2. The van der Waals surface area contributed by atoms with Crippen LogP contribution in [0.3, 0.4) is 0 Å². The highest BCUT2D eigenvalue weighted by Crippen LogP contribution is 2.32. The number of hydrogen-bond donors (Lipinski definition) is 2. The van der Waals surface area contributed by atoms with Gasteiger partial charge in [-0.3, -0.25) is 11.3 Å². The summed E-state index contributed by atoms with van der Waals surface area (Å²) in [6.45, 7) is -0.142. The highest BCUT2D eigenvalue weighted by molar-refractivity contribution is 5.85. The summed E-state index contributed by atoms with van der Waals surface area (Å²) in [6.07, 6.45) is 2.66. The van der Waals surface area contributed by atoms with E-state index in [4.69, 9.17) is 0 Å². The Labute approximate surface area is 88.8 Å². The van der Waals surface area contributed by atoms with Crippen LogP contribution in [0.15, 0.2) is 0 Å². The molecule has 0 heterocycles. The van der Waals surface area contributed by atoms with E-state index in [0.29, 0.717) is 12.8 Å². The summed E-state index contributed by atoms with van der Waals surface area (Å²) in [4.78, 5) is 0. The Morgan fingerprint density at radius 3 is 1.79 bits per heavy atom. The topological polar surface area (TPSA) is 38.0 Å². The fraction of sp³-hybridized carbons (Fsp3) is 1.00. The van der Waals surface area contributed by atoms with Gasteiger partial charge in [-0.1, -0.05) is 6.42 Å². The fourth-order valence-electron chi connectivity index (χ4n) is 1.12. The van der Waals surface area contributed by atoms with E-state index >= 15 is 0 Å². The molecule has 1 rings (SSSR count). The maximum absolute atomic E-state index is 12.2. The number of alkyl halides is 3. The molecule has 0 aliphatic heterocycles. The lowest BCUT2D eigenvalue weighted by Crippen LogP contribution is -2.23. The van der Waals surface area contributed by atoms with Crippen LogP contribution >= 0.6 is 12.4 Å². The second kappa shape index (κ2) is 9.55. The molecule has 1 saturated carbocycles. The van der Waals surface area contributed by atoms with Crippen molar-refractivity contribution in [1.82, 2.24) is 5.43 Å². The molecule has 14 heavy (non-hydrogen) atoms. The zero-order valence-corrected chi connectivity index (χ0v) is 8.89. The number of rotatable bonds is 2. The Kier molecular flexibility index (Phi) is 11.2. The number of nitrogens with one attached hydrogen (secondary N) is 1. The van der Waals surface area contributed by atoms with Crippen LogP contribution in [0, 0.1) is 0 Å². The van der Waals surface area contributed by atoms with Crippen LogP contribution in [-0.2, 0) is 0 Å². The normalized spacial score (nSPS) is 18.9. The average molecular weight is 235 g/mol. The molecule has 0 saturated heterocycles. The van der Waals surface area contributed by atoms with Crippen LogP contribution < -0.4 is 11.3 Å². The van der Waals surface area contributed by atoms with E-state index in [0.717, 1.165) is 6.42 Å². The predicted octanol–water partition coefficient (Wildman–Crippen LogP) is 2.43. The molecule has 1 aliphatic carbocycles. The maximum atomic E-state index is 12.2. The molecule has 0 aromatic carbocycles. The first kappa shape index (κ1) is 16.4. The summed E-state index contributed by atoms with van der Waals surface area (Å²) in [5.74, 6) is 2.33. The number of halogens is 4. The first-order chi connectivity index (χ1) is 6.12.